The molecule has 2 aromatic rings. The first-order valence-corrected chi connectivity index (χ1v) is 8.46. The van der Waals surface area contributed by atoms with Gasteiger partial charge in [0.1, 0.15) is 5.75 Å². The molecule has 0 saturated carbocycles. The number of Topliss-reactive ketones (excluding diaryl/α,β-unsaturated/α-hetero) is 1. The number of carbonyl (C=O) groups is 1. The van der Waals surface area contributed by atoms with Gasteiger partial charge in [0.15, 0.2) is 21.3 Å². The summed E-state index contributed by atoms with van der Waals surface area (Å²) in [5.74, 6) is -1.84. The quantitative estimate of drug-likeness (QED) is 0.850. The number of halogens is 1. The third-order valence-electron chi connectivity index (χ3n) is 3.54. The second kappa shape index (κ2) is 6.01. The van der Waals surface area contributed by atoms with Gasteiger partial charge >= 0.3 is 0 Å². The molecule has 2 aromatic carbocycles. The van der Waals surface area contributed by atoms with Gasteiger partial charge in [-0.05, 0) is 31.5 Å². The molecule has 0 spiro atoms. The number of sulfone groups is 1. The number of hydrogen-bond donors (Lipinski definition) is 0. The van der Waals surface area contributed by atoms with Gasteiger partial charge in [0.25, 0.3) is 0 Å². The molecule has 0 radical (unpaired) electrons. The summed E-state index contributed by atoms with van der Waals surface area (Å²) in [7, 11) is -3.86. The van der Waals surface area contributed by atoms with Crippen LogP contribution in [0, 0.1) is 6.92 Å². The second-order valence-corrected chi connectivity index (χ2v) is 7.35. The summed E-state index contributed by atoms with van der Waals surface area (Å²) in [5, 5.41) is 0. The van der Waals surface area contributed by atoms with Crippen LogP contribution in [0.5, 0.6) is 0 Å². The van der Waals surface area contributed by atoms with Crippen molar-refractivity contribution in [3.8, 4) is 0 Å². The van der Waals surface area contributed by atoms with Crippen molar-refractivity contribution >= 4 is 15.6 Å². The molecule has 0 aromatic heterocycles. The lowest BCUT2D eigenvalue weighted by molar-refractivity contribution is -0.127. The van der Waals surface area contributed by atoms with Crippen LogP contribution in [0.15, 0.2) is 59.5 Å². The maximum absolute atomic E-state index is 14.7. The van der Waals surface area contributed by atoms with E-state index in [9.17, 15) is 17.6 Å². The van der Waals surface area contributed by atoms with Crippen LogP contribution < -0.4 is 0 Å². The molecule has 0 aliphatic rings. The Labute approximate surface area is 129 Å². The first-order chi connectivity index (χ1) is 10.2. The van der Waals surface area contributed by atoms with E-state index in [0.717, 1.165) is 12.5 Å². The molecule has 2 rings (SSSR count). The second-order valence-electron chi connectivity index (χ2n) is 5.36. The fraction of sp³-hybridized carbons (Fsp3) is 0.235. The van der Waals surface area contributed by atoms with E-state index in [1.54, 1.807) is 30.3 Å². The third-order valence-corrected chi connectivity index (χ3v) is 5.17. The molecule has 0 amide bonds. The average molecular weight is 320 g/mol. The standard InChI is InChI=1S/C17H17FO3S/c1-13-8-10-15(11-9-13)22(20,21)12-16(19)17(2,18)14-6-4-3-5-7-14/h3-11H,12H2,1-2H3. The number of aryl methyl sites for hydroxylation is 1. The van der Waals surface area contributed by atoms with Gasteiger partial charge in [-0.1, -0.05) is 48.0 Å². The van der Waals surface area contributed by atoms with E-state index in [1.165, 1.54) is 24.3 Å². The fourth-order valence-corrected chi connectivity index (χ4v) is 3.38. The molecule has 3 nitrogen and oxygen atoms in total. The Hall–Kier alpha value is -2.01. The summed E-state index contributed by atoms with van der Waals surface area (Å²) in [6.45, 7) is 2.92. The van der Waals surface area contributed by atoms with Crippen LogP contribution in [0.1, 0.15) is 18.1 Å². The Morgan fingerprint density at radius 1 is 1.05 bits per heavy atom. The molecule has 5 heteroatoms. The van der Waals surface area contributed by atoms with Crippen LogP contribution in [0.4, 0.5) is 4.39 Å². The highest BCUT2D eigenvalue weighted by molar-refractivity contribution is 7.92. The fourth-order valence-electron chi connectivity index (χ4n) is 2.05. The molecule has 0 bridgehead atoms. The van der Waals surface area contributed by atoms with E-state index in [2.05, 4.69) is 0 Å². The first-order valence-electron chi connectivity index (χ1n) is 6.80. The van der Waals surface area contributed by atoms with Gasteiger partial charge in [0.2, 0.25) is 0 Å². The predicted molar refractivity (Wildman–Crippen MR) is 83.1 cm³/mol. The van der Waals surface area contributed by atoms with Crippen molar-refractivity contribution in [2.75, 3.05) is 5.75 Å². The molecule has 22 heavy (non-hydrogen) atoms. The third kappa shape index (κ3) is 3.42. The molecular weight excluding hydrogens is 303 g/mol. The number of alkyl halides is 1. The molecule has 0 saturated heterocycles. The van der Waals surface area contributed by atoms with Gasteiger partial charge in [-0.2, -0.15) is 0 Å². The minimum atomic E-state index is -3.86. The van der Waals surface area contributed by atoms with Gasteiger partial charge < -0.3 is 0 Å². The highest BCUT2D eigenvalue weighted by Crippen LogP contribution is 2.28. The summed E-state index contributed by atoms with van der Waals surface area (Å²) in [6, 6.07) is 14.0. The molecule has 1 unspecified atom stereocenters. The topological polar surface area (TPSA) is 51.2 Å². The van der Waals surface area contributed by atoms with E-state index in [-0.39, 0.29) is 10.5 Å². The average Bonchev–Trinajstić information content (AvgIpc) is 2.48. The molecule has 0 fully saturated rings. The van der Waals surface area contributed by atoms with Gasteiger partial charge in [-0.15, -0.1) is 0 Å². The lowest BCUT2D eigenvalue weighted by Gasteiger charge is -2.19. The lowest BCUT2D eigenvalue weighted by Crippen LogP contribution is -2.33. The van der Waals surface area contributed by atoms with Crippen molar-refractivity contribution in [3.63, 3.8) is 0 Å². The maximum Gasteiger partial charge on any atom is 0.192 e. The molecular formula is C17H17FO3S. The molecule has 1 atom stereocenters. The number of rotatable bonds is 5. The number of carbonyl (C=O) groups excluding carboxylic acids is 1. The summed E-state index contributed by atoms with van der Waals surface area (Å²) >= 11 is 0. The zero-order chi connectivity index (χ0) is 16.4. The van der Waals surface area contributed by atoms with Crippen molar-refractivity contribution in [1.82, 2.24) is 0 Å². The summed E-state index contributed by atoms with van der Waals surface area (Å²) < 4.78 is 39.2. The Morgan fingerprint density at radius 3 is 2.14 bits per heavy atom. The minimum Gasteiger partial charge on any atom is -0.295 e. The molecule has 0 aliphatic heterocycles. The van der Waals surface area contributed by atoms with Crippen LogP contribution >= 0.6 is 0 Å². The molecule has 0 N–H and O–H groups in total. The van der Waals surface area contributed by atoms with E-state index in [0.29, 0.717) is 0 Å². The SMILES string of the molecule is Cc1ccc(S(=O)(=O)CC(=O)C(C)(F)c2ccccc2)cc1. The Morgan fingerprint density at radius 2 is 1.59 bits per heavy atom. The largest absolute Gasteiger partial charge is 0.295 e. The highest BCUT2D eigenvalue weighted by atomic mass is 32.2. The smallest absolute Gasteiger partial charge is 0.192 e. The normalized spacial score (nSPS) is 14.3. The molecule has 0 aliphatic carbocycles. The monoisotopic (exact) mass is 320 g/mol. The Kier molecular flexibility index (Phi) is 4.47. The predicted octanol–water partition coefficient (Wildman–Crippen LogP) is 3.22. The Bertz CT molecular complexity index is 763. The van der Waals surface area contributed by atoms with Crippen molar-refractivity contribution in [2.24, 2.45) is 0 Å². The molecule has 116 valence electrons. The zero-order valence-corrected chi connectivity index (χ0v) is 13.2. The van der Waals surface area contributed by atoms with Gasteiger partial charge in [-0.3, -0.25) is 4.79 Å². The van der Waals surface area contributed by atoms with Crippen molar-refractivity contribution < 1.29 is 17.6 Å². The number of hydrogen-bond acceptors (Lipinski definition) is 3. The van der Waals surface area contributed by atoms with Crippen molar-refractivity contribution in [3.05, 3.63) is 65.7 Å². The van der Waals surface area contributed by atoms with E-state index >= 15 is 0 Å². The molecule has 0 heterocycles. The van der Waals surface area contributed by atoms with Gasteiger partial charge in [-0.25, -0.2) is 12.8 Å². The van der Waals surface area contributed by atoms with E-state index < -0.39 is 27.0 Å². The van der Waals surface area contributed by atoms with Crippen LogP contribution in [0.25, 0.3) is 0 Å². The zero-order valence-electron chi connectivity index (χ0n) is 12.4. The van der Waals surface area contributed by atoms with Crippen LogP contribution in [-0.4, -0.2) is 20.0 Å². The van der Waals surface area contributed by atoms with Crippen LogP contribution in [-0.2, 0) is 20.3 Å². The first kappa shape index (κ1) is 16.4. The van der Waals surface area contributed by atoms with Crippen molar-refractivity contribution in [2.45, 2.75) is 24.4 Å². The van der Waals surface area contributed by atoms with Gasteiger partial charge in [0.05, 0.1) is 4.90 Å². The number of ketones is 1. The van der Waals surface area contributed by atoms with Gasteiger partial charge in [0, 0.05) is 0 Å². The summed E-state index contributed by atoms with van der Waals surface area (Å²) in [4.78, 5) is 12.2. The van der Waals surface area contributed by atoms with Crippen LogP contribution in [0.2, 0.25) is 0 Å². The van der Waals surface area contributed by atoms with E-state index in [1.807, 2.05) is 6.92 Å². The van der Waals surface area contributed by atoms with Crippen molar-refractivity contribution in [1.29, 1.82) is 0 Å². The lowest BCUT2D eigenvalue weighted by atomic mass is 9.94. The summed E-state index contributed by atoms with van der Waals surface area (Å²) in [6.07, 6.45) is 0. The number of benzene rings is 2. The highest BCUT2D eigenvalue weighted by Gasteiger charge is 2.37. The Balaban J connectivity index is 2.26. The maximum atomic E-state index is 14.7. The minimum absolute atomic E-state index is 0.0234. The van der Waals surface area contributed by atoms with E-state index in [4.69, 9.17) is 0 Å². The van der Waals surface area contributed by atoms with Crippen LogP contribution in [0.3, 0.4) is 0 Å². The summed E-state index contributed by atoms with van der Waals surface area (Å²) in [5.41, 5.74) is -1.28.